The molecule has 0 aliphatic carbocycles. The van der Waals surface area contributed by atoms with Crippen LogP contribution in [0.15, 0.2) is 12.3 Å². The molecule has 0 bridgehead atoms. The number of aliphatic hydroxyl groups is 1. The van der Waals surface area contributed by atoms with Gasteiger partial charge in [0.2, 0.25) is 0 Å². The van der Waals surface area contributed by atoms with E-state index in [9.17, 15) is 9.90 Å². The van der Waals surface area contributed by atoms with Crippen molar-refractivity contribution in [2.75, 3.05) is 0 Å². The predicted molar refractivity (Wildman–Crippen MR) is 35.0 cm³/mol. The molecule has 1 aliphatic rings. The summed E-state index contributed by atoms with van der Waals surface area (Å²) >= 11 is 0. The molecule has 1 heterocycles. The standard InChI is InChI=1S/C7H10O3/c1-2-6(8)5-3-4-10-7(5)9/h3-6,8H,2H2,1H3/t5?,6-/m1/s1. The normalized spacial score (nSPS) is 26.6. The largest absolute Gasteiger partial charge is 0.434 e. The molecule has 0 aromatic rings. The number of hydrogen-bond donors (Lipinski definition) is 1. The second kappa shape index (κ2) is 2.84. The van der Waals surface area contributed by atoms with Gasteiger partial charge in [0.25, 0.3) is 0 Å². The Bertz CT molecular complexity index is 162. The summed E-state index contributed by atoms with van der Waals surface area (Å²) in [6.45, 7) is 1.82. The summed E-state index contributed by atoms with van der Waals surface area (Å²) in [5, 5.41) is 9.18. The van der Waals surface area contributed by atoms with E-state index in [2.05, 4.69) is 4.74 Å². The zero-order chi connectivity index (χ0) is 7.56. The van der Waals surface area contributed by atoms with Crippen molar-refractivity contribution in [1.29, 1.82) is 0 Å². The van der Waals surface area contributed by atoms with Gasteiger partial charge in [-0.15, -0.1) is 0 Å². The van der Waals surface area contributed by atoms with Crippen LogP contribution in [-0.2, 0) is 9.53 Å². The fourth-order valence-electron chi connectivity index (χ4n) is 0.887. The highest BCUT2D eigenvalue weighted by molar-refractivity contribution is 5.77. The second-order valence-corrected chi connectivity index (χ2v) is 2.27. The van der Waals surface area contributed by atoms with Crippen LogP contribution in [0.2, 0.25) is 0 Å². The van der Waals surface area contributed by atoms with Crippen molar-refractivity contribution >= 4 is 5.97 Å². The average Bonchev–Trinajstić information content (AvgIpc) is 2.34. The molecule has 0 radical (unpaired) electrons. The third kappa shape index (κ3) is 1.19. The SMILES string of the molecule is CC[C@@H](O)C1C=COC1=O. The topological polar surface area (TPSA) is 46.5 Å². The summed E-state index contributed by atoms with van der Waals surface area (Å²) in [4.78, 5) is 10.7. The predicted octanol–water partition coefficient (Wildman–Crippen LogP) is 0.444. The lowest BCUT2D eigenvalue weighted by molar-refractivity contribution is -0.141. The molecule has 0 fully saturated rings. The fraction of sp³-hybridized carbons (Fsp3) is 0.571. The average molecular weight is 142 g/mol. The van der Waals surface area contributed by atoms with Crippen LogP contribution in [0.5, 0.6) is 0 Å². The molecule has 1 N–H and O–H groups in total. The van der Waals surface area contributed by atoms with Gasteiger partial charge in [0.15, 0.2) is 0 Å². The van der Waals surface area contributed by atoms with E-state index in [0.717, 1.165) is 0 Å². The van der Waals surface area contributed by atoms with E-state index in [4.69, 9.17) is 0 Å². The monoisotopic (exact) mass is 142 g/mol. The van der Waals surface area contributed by atoms with Gasteiger partial charge < -0.3 is 9.84 Å². The zero-order valence-corrected chi connectivity index (χ0v) is 5.78. The lowest BCUT2D eigenvalue weighted by Crippen LogP contribution is -2.23. The summed E-state index contributed by atoms with van der Waals surface area (Å²) in [7, 11) is 0. The molecule has 1 unspecified atom stereocenters. The van der Waals surface area contributed by atoms with Crippen molar-refractivity contribution in [3.8, 4) is 0 Å². The highest BCUT2D eigenvalue weighted by Gasteiger charge is 2.27. The number of hydrogen-bond acceptors (Lipinski definition) is 3. The number of esters is 1. The summed E-state index contributed by atoms with van der Waals surface area (Å²) in [6.07, 6.45) is 2.89. The van der Waals surface area contributed by atoms with Crippen molar-refractivity contribution < 1.29 is 14.6 Å². The van der Waals surface area contributed by atoms with Gasteiger partial charge in [0.1, 0.15) is 5.92 Å². The smallest absolute Gasteiger partial charge is 0.320 e. The van der Waals surface area contributed by atoms with Gasteiger partial charge >= 0.3 is 5.97 Å². The third-order valence-corrected chi connectivity index (χ3v) is 1.58. The van der Waals surface area contributed by atoms with Crippen LogP contribution in [0, 0.1) is 5.92 Å². The molecular weight excluding hydrogens is 132 g/mol. The van der Waals surface area contributed by atoms with Gasteiger partial charge in [-0.05, 0) is 12.5 Å². The highest BCUT2D eigenvalue weighted by Crippen LogP contribution is 2.16. The molecule has 0 spiro atoms. The molecule has 1 rings (SSSR count). The fourth-order valence-corrected chi connectivity index (χ4v) is 0.887. The molecule has 56 valence electrons. The molecule has 1 aliphatic heterocycles. The first-order valence-corrected chi connectivity index (χ1v) is 3.31. The second-order valence-electron chi connectivity index (χ2n) is 2.27. The van der Waals surface area contributed by atoms with Crippen LogP contribution in [-0.4, -0.2) is 17.2 Å². The molecule has 3 heteroatoms. The van der Waals surface area contributed by atoms with Crippen LogP contribution in [0.4, 0.5) is 0 Å². The molecule has 2 atom stereocenters. The molecule has 0 amide bonds. The Balaban J connectivity index is 2.54. The Morgan fingerprint density at radius 2 is 2.60 bits per heavy atom. The molecule has 0 aromatic carbocycles. The number of aliphatic hydroxyl groups excluding tert-OH is 1. The van der Waals surface area contributed by atoms with Gasteiger partial charge in [-0.25, -0.2) is 0 Å². The summed E-state index contributed by atoms with van der Waals surface area (Å²) in [6, 6.07) is 0. The number of carbonyl (C=O) groups is 1. The van der Waals surface area contributed by atoms with Crippen LogP contribution in [0.25, 0.3) is 0 Å². The van der Waals surface area contributed by atoms with Crippen LogP contribution < -0.4 is 0 Å². The maximum absolute atomic E-state index is 10.7. The van der Waals surface area contributed by atoms with E-state index in [-0.39, 0.29) is 5.97 Å². The first kappa shape index (κ1) is 7.28. The number of cyclic esters (lactones) is 1. The van der Waals surface area contributed by atoms with Gasteiger partial charge in [-0.3, -0.25) is 4.79 Å². The van der Waals surface area contributed by atoms with Gasteiger partial charge in [0, 0.05) is 0 Å². The van der Waals surface area contributed by atoms with E-state index >= 15 is 0 Å². The third-order valence-electron chi connectivity index (χ3n) is 1.58. The van der Waals surface area contributed by atoms with E-state index in [1.807, 2.05) is 6.92 Å². The summed E-state index contributed by atoms with van der Waals surface area (Å²) in [5.41, 5.74) is 0. The first-order valence-electron chi connectivity index (χ1n) is 3.31. The number of ether oxygens (including phenoxy) is 1. The molecule has 0 saturated heterocycles. The van der Waals surface area contributed by atoms with Crippen LogP contribution in [0.3, 0.4) is 0 Å². The molecule has 0 aromatic heterocycles. The van der Waals surface area contributed by atoms with E-state index in [1.165, 1.54) is 6.26 Å². The van der Waals surface area contributed by atoms with E-state index < -0.39 is 12.0 Å². The highest BCUT2D eigenvalue weighted by atomic mass is 16.5. The van der Waals surface area contributed by atoms with Crippen LogP contribution in [0.1, 0.15) is 13.3 Å². The van der Waals surface area contributed by atoms with Crippen molar-refractivity contribution in [1.82, 2.24) is 0 Å². The number of carbonyl (C=O) groups excluding carboxylic acids is 1. The van der Waals surface area contributed by atoms with E-state index in [1.54, 1.807) is 6.08 Å². The maximum Gasteiger partial charge on any atom is 0.320 e. The molecule has 10 heavy (non-hydrogen) atoms. The summed E-state index contributed by atoms with van der Waals surface area (Å²) in [5.74, 6) is -0.792. The maximum atomic E-state index is 10.7. The molecule has 0 saturated carbocycles. The van der Waals surface area contributed by atoms with Crippen molar-refractivity contribution in [3.63, 3.8) is 0 Å². The summed E-state index contributed by atoms with van der Waals surface area (Å²) < 4.78 is 4.51. The van der Waals surface area contributed by atoms with Gasteiger partial charge in [-0.2, -0.15) is 0 Å². The Hall–Kier alpha value is -0.830. The Kier molecular flexibility index (Phi) is 2.06. The van der Waals surface area contributed by atoms with Gasteiger partial charge in [-0.1, -0.05) is 6.92 Å². The van der Waals surface area contributed by atoms with E-state index in [0.29, 0.717) is 6.42 Å². The Morgan fingerprint density at radius 1 is 1.90 bits per heavy atom. The zero-order valence-electron chi connectivity index (χ0n) is 5.78. The molecular formula is C7H10O3. The van der Waals surface area contributed by atoms with Crippen molar-refractivity contribution in [2.45, 2.75) is 19.4 Å². The Labute approximate surface area is 59.3 Å². The number of rotatable bonds is 2. The minimum absolute atomic E-state index is 0.352. The lowest BCUT2D eigenvalue weighted by Gasteiger charge is -2.09. The Morgan fingerprint density at radius 3 is 3.00 bits per heavy atom. The van der Waals surface area contributed by atoms with Gasteiger partial charge in [0.05, 0.1) is 12.4 Å². The van der Waals surface area contributed by atoms with Crippen molar-refractivity contribution in [3.05, 3.63) is 12.3 Å². The van der Waals surface area contributed by atoms with Crippen molar-refractivity contribution in [2.24, 2.45) is 5.92 Å². The lowest BCUT2D eigenvalue weighted by atomic mass is 10.0. The van der Waals surface area contributed by atoms with Crippen LogP contribution >= 0.6 is 0 Å². The first-order chi connectivity index (χ1) is 4.75. The minimum Gasteiger partial charge on any atom is -0.434 e. The quantitative estimate of drug-likeness (QED) is 0.569. The molecule has 3 nitrogen and oxygen atoms in total. The minimum atomic E-state index is -0.591.